The monoisotopic (exact) mass is 317 g/mol. The van der Waals surface area contributed by atoms with Crippen LogP contribution in [0, 0.1) is 0 Å². The maximum Gasteiger partial charge on any atom is 0.315 e. The topological polar surface area (TPSA) is 64.6 Å². The minimum Gasteiger partial charge on any atom is -0.392 e. The van der Waals surface area contributed by atoms with E-state index in [1.165, 1.54) is 31.4 Å². The second-order valence-corrected chi connectivity index (χ2v) is 6.62. The lowest BCUT2D eigenvalue weighted by atomic mass is 9.99. The number of nitrogens with one attached hydrogen (secondary N) is 2. The van der Waals surface area contributed by atoms with Crippen LogP contribution in [0.1, 0.15) is 36.8 Å². The Morgan fingerprint density at radius 3 is 2.70 bits per heavy atom. The Hall–Kier alpha value is -1.59. The van der Waals surface area contributed by atoms with Gasteiger partial charge in [-0.25, -0.2) is 4.79 Å². The van der Waals surface area contributed by atoms with Crippen molar-refractivity contribution < 1.29 is 9.90 Å². The van der Waals surface area contributed by atoms with E-state index in [2.05, 4.69) is 15.5 Å². The zero-order valence-electron chi connectivity index (χ0n) is 13.6. The van der Waals surface area contributed by atoms with Crippen molar-refractivity contribution in [1.82, 2.24) is 15.5 Å². The molecule has 0 saturated carbocycles. The summed E-state index contributed by atoms with van der Waals surface area (Å²) in [6, 6.07) is 8.65. The van der Waals surface area contributed by atoms with Gasteiger partial charge < -0.3 is 15.7 Å². The highest BCUT2D eigenvalue weighted by atomic mass is 16.3. The molecule has 2 heterocycles. The first kappa shape index (κ1) is 16.3. The van der Waals surface area contributed by atoms with Gasteiger partial charge in [0.2, 0.25) is 0 Å². The van der Waals surface area contributed by atoms with Gasteiger partial charge in [0.25, 0.3) is 0 Å². The number of urea groups is 1. The Morgan fingerprint density at radius 2 is 1.91 bits per heavy atom. The summed E-state index contributed by atoms with van der Waals surface area (Å²) in [7, 11) is 0. The van der Waals surface area contributed by atoms with Crippen LogP contribution >= 0.6 is 0 Å². The van der Waals surface area contributed by atoms with E-state index in [-0.39, 0.29) is 12.6 Å². The van der Waals surface area contributed by atoms with Gasteiger partial charge in [0.1, 0.15) is 0 Å². The third kappa shape index (κ3) is 4.24. The molecule has 2 atom stereocenters. The van der Waals surface area contributed by atoms with Gasteiger partial charge in [-0.15, -0.1) is 0 Å². The normalized spacial score (nSPS) is 24.2. The molecule has 0 radical (unpaired) electrons. The predicted molar refractivity (Wildman–Crippen MR) is 90.2 cm³/mol. The molecule has 0 aliphatic carbocycles. The van der Waals surface area contributed by atoms with Gasteiger partial charge in [-0.05, 0) is 43.4 Å². The van der Waals surface area contributed by atoms with Gasteiger partial charge in [-0.2, -0.15) is 0 Å². The number of nitrogens with zero attached hydrogens (tertiary/aromatic N) is 1. The van der Waals surface area contributed by atoms with Crippen molar-refractivity contribution in [3.63, 3.8) is 0 Å². The van der Waals surface area contributed by atoms with E-state index in [1.54, 1.807) is 0 Å². The summed E-state index contributed by atoms with van der Waals surface area (Å²) < 4.78 is 0. The molecule has 2 saturated heterocycles. The van der Waals surface area contributed by atoms with Crippen LogP contribution in [-0.2, 0) is 13.0 Å². The molecular formula is C18H27N3O2. The molecule has 1 aromatic rings. The molecular weight excluding hydrogens is 290 g/mol. The van der Waals surface area contributed by atoms with E-state index >= 15 is 0 Å². The number of aliphatic hydroxyl groups excluding tert-OH is 1. The highest BCUT2D eigenvalue weighted by Crippen LogP contribution is 2.26. The van der Waals surface area contributed by atoms with Gasteiger partial charge in [0, 0.05) is 25.2 Å². The number of aliphatic hydroxyl groups is 1. The summed E-state index contributed by atoms with van der Waals surface area (Å²) in [6.07, 6.45) is 5.66. The quantitative estimate of drug-likeness (QED) is 0.774. The maximum absolute atomic E-state index is 12.1. The van der Waals surface area contributed by atoms with Crippen molar-refractivity contribution in [1.29, 1.82) is 0 Å². The van der Waals surface area contributed by atoms with Gasteiger partial charge in [-0.3, -0.25) is 4.90 Å². The van der Waals surface area contributed by atoms with E-state index in [0.717, 1.165) is 24.9 Å². The maximum atomic E-state index is 12.1. The summed E-state index contributed by atoms with van der Waals surface area (Å²) in [5, 5.41) is 15.1. The molecule has 2 amide bonds. The van der Waals surface area contributed by atoms with Crippen LogP contribution < -0.4 is 10.6 Å². The largest absolute Gasteiger partial charge is 0.392 e. The number of piperidine rings is 1. The highest BCUT2D eigenvalue weighted by Gasteiger charge is 2.36. The average molecular weight is 317 g/mol. The minimum atomic E-state index is -0.0469. The molecule has 2 fully saturated rings. The fraction of sp³-hybridized carbons (Fsp3) is 0.611. The number of rotatable bonds is 5. The van der Waals surface area contributed by atoms with Crippen LogP contribution in [-0.4, -0.2) is 47.8 Å². The van der Waals surface area contributed by atoms with Gasteiger partial charge >= 0.3 is 6.03 Å². The summed E-state index contributed by atoms with van der Waals surface area (Å²) in [5.41, 5.74) is 2.08. The molecule has 23 heavy (non-hydrogen) atoms. The molecule has 3 rings (SSSR count). The van der Waals surface area contributed by atoms with Crippen molar-refractivity contribution in [3.8, 4) is 0 Å². The van der Waals surface area contributed by atoms with Crippen molar-refractivity contribution in [2.45, 2.75) is 50.8 Å². The number of carbonyl (C=O) groups is 1. The van der Waals surface area contributed by atoms with Gasteiger partial charge in [-0.1, -0.05) is 30.7 Å². The number of benzene rings is 1. The van der Waals surface area contributed by atoms with Crippen molar-refractivity contribution in [2.75, 3.05) is 19.6 Å². The van der Waals surface area contributed by atoms with Crippen LogP contribution in [0.2, 0.25) is 0 Å². The zero-order chi connectivity index (χ0) is 16.1. The average Bonchev–Trinajstić information content (AvgIpc) is 2.99. The lowest BCUT2D eigenvalue weighted by Crippen LogP contribution is -2.49. The lowest BCUT2D eigenvalue weighted by Gasteiger charge is -2.32. The van der Waals surface area contributed by atoms with E-state index in [0.29, 0.717) is 18.6 Å². The Kier molecular flexibility index (Phi) is 5.51. The van der Waals surface area contributed by atoms with Crippen LogP contribution in [0.15, 0.2) is 24.3 Å². The molecule has 5 nitrogen and oxygen atoms in total. The molecule has 3 N–H and O–H groups in total. The lowest BCUT2D eigenvalue weighted by molar-refractivity contribution is 0.179. The molecule has 2 aliphatic heterocycles. The predicted octanol–water partition coefficient (Wildman–Crippen LogP) is 1.65. The molecule has 1 aromatic carbocycles. The SMILES string of the molecule is O=C(NCCc1ccc(CO)cc1)NC1CCN2CCCCC12. The van der Waals surface area contributed by atoms with E-state index in [9.17, 15) is 4.79 Å². The zero-order valence-corrected chi connectivity index (χ0v) is 13.6. The number of carbonyl (C=O) groups excluding carboxylic acids is 1. The Morgan fingerprint density at radius 1 is 1.13 bits per heavy atom. The fourth-order valence-electron chi connectivity index (χ4n) is 3.77. The Labute approximate surface area is 138 Å². The molecule has 126 valence electrons. The minimum absolute atomic E-state index is 0.0469. The van der Waals surface area contributed by atoms with Crippen molar-refractivity contribution in [3.05, 3.63) is 35.4 Å². The summed E-state index contributed by atoms with van der Waals surface area (Å²) in [4.78, 5) is 14.6. The third-order valence-corrected chi connectivity index (χ3v) is 5.08. The summed E-state index contributed by atoms with van der Waals surface area (Å²) >= 11 is 0. The molecule has 2 unspecified atom stereocenters. The molecule has 2 aliphatic rings. The van der Waals surface area contributed by atoms with Crippen LogP contribution in [0.5, 0.6) is 0 Å². The smallest absolute Gasteiger partial charge is 0.315 e. The Balaban J connectivity index is 1.39. The fourth-order valence-corrected chi connectivity index (χ4v) is 3.77. The Bertz CT molecular complexity index is 518. The van der Waals surface area contributed by atoms with Gasteiger partial charge in [0.15, 0.2) is 0 Å². The second kappa shape index (κ2) is 7.79. The second-order valence-electron chi connectivity index (χ2n) is 6.62. The number of fused-ring (bicyclic) bond motifs is 1. The summed E-state index contributed by atoms with van der Waals surface area (Å²) in [6.45, 7) is 3.01. The van der Waals surface area contributed by atoms with E-state index in [1.807, 2.05) is 24.3 Å². The van der Waals surface area contributed by atoms with Crippen LogP contribution in [0.4, 0.5) is 4.79 Å². The highest BCUT2D eigenvalue weighted by molar-refractivity contribution is 5.74. The molecule has 0 bridgehead atoms. The molecule has 5 heteroatoms. The van der Waals surface area contributed by atoms with E-state index < -0.39 is 0 Å². The number of hydrogen-bond donors (Lipinski definition) is 3. The molecule has 0 aromatic heterocycles. The van der Waals surface area contributed by atoms with Crippen molar-refractivity contribution in [2.24, 2.45) is 0 Å². The number of amides is 2. The summed E-state index contributed by atoms with van der Waals surface area (Å²) in [5.74, 6) is 0. The first-order valence-corrected chi connectivity index (χ1v) is 8.73. The molecule has 0 spiro atoms. The van der Waals surface area contributed by atoms with Gasteiger partial charge in [0.05, 0.1) is 6.61 Å². The third-order valence-electron chi connectivity index (χ3n) is 5.08. The van der Waals surface area contributed by atoms with Crippen LogP contribution in [0.3, 0.4) is 0 Å². The van der Waals surface area contributed by atoms with Crippen LogP contribution in [0.25, 0.3) is 0 Å². The first-order chi connectivity index (χ1) is 11.3. The van der Waals surface area contributed by atoms with Crippen molar-refractivity contribution >= 4 is 6.03 Å². The first-order valence-electron chi connectivity index (χ1n) is 8.73. The number of hydrogen-bond acceptors (Lipinski definition) is 3. The van der Waals surface area contributed by atoms with E-state index in [4.69, 9.17) is 5.11 Å². The standard InChI is InChI=1S/C18H27N3O2/c22-13-15-6-4-14(5-7-15)8-10-19-18(23)20-16-9-12-21-11-2-1-3-17(16)21/h4-7,16-17,22H,1-3,8-13H2,(H2,19,20,23).